The molecule has 0 aliphatic rings. The SMILES string of the molecule is CC(C)(C)Nc1oc2ccc(N(S(C)(=O)=O)S(C)(=O)=O)cc2c1C(=O)c1ccc(OCCCN(NC(C)(C)C)NC(C)(C)C)cc1. The molecule has 3 rings (SSSR count). The number of hydrazine groups is 2. The van der Waals surface area contributed by atoms with Crippen molar-refractivity contribution in [3.63, 3.8) is 0 Å². The van der Waals surface area contributed by atoms with Crippen molar-refractivity contribution >= 4 is 48.4 Å². The Bertz CT molecular complexity index is 1700. The van der Waals surface area contributed by atoms with E-state index in [-0.39, 0.29) is 39.2 Å². The molecule has 0 aliphatic carbocycles. The van der Waals surface area contributed by atoms with Crippen LogP contribution in [0.1, 0.15) is 84.7 Å². The van der Waals surface area contributed by atoms with Gasteiger partial charge >= 0.3 is 0 Å². The van der Waals surface area contributed by atoms with Crippen molar-refractivity contribution in [3.8, 4) is 5.75 Å². The quantitative estimate of drug-likeness (QED) is 0.123. The normalized spacial score (nSPS) is 13.3. The molecule has 1 aromatic heterocycles. The summed E-state index contributed by atoms with van der Waals surface area (Å²) in [5.74, 6) is 0.393. The van der Waals surface area contributed by atoms with E-state index < -0.39 is 31.4 Å². The number of anilines is 2. The Balaban J connectivity index is 1.88. The Morgan fingerprint density at radius 1 is 0.804 bits per heavy atom. The number of furan rings is 1. The third-order valence-electron chi connectivity index (χ3n) is 6.05. The van der Waals surface area contributed by atoms with Gasteiger partial charge in [-0.3, -0.25) is 4.79 Å². The molecule has 0 aliphatic heterocycles. The van der Waals surface area contributed by atoms with Crippen LogP contribution in [0.2, 0.25) is 0 Å². The van der Waals surface area contributed by atoms with Crippen LogP contribution in [0.5, 0.6) is 5.75 Å². The molecule has 0 spiro atoms. The molecule has 46 heavy (non-hydrogen) atoms. The molecular formula is C32H49N5O7S2. The van der Waals surface area contributed by atoms with Crippen molar-refractivity contribution in [1.82, 2.24) is 16.0 Å². The van der Waals surface area contributed by atoms with E-state index in [1.165, 1.54) is 18.2 Å². The van der Waals surface area contributed by atoms with Crippen LogP contribution in [0.25, 0.3) is 11.0 Å². The average molecular weight is 680 g/mol. The molecule has 12 nitrogen and oxygen atoms in total. The van der Waals surface area contributed by atoms with Crippen molar-refractivity contribution in [3.05, 3.63) is 53.6 Å². The third kappa shape index (κ3) is 10.7. The molecule has 0 saturated heterocycles. The highest BCUT2D eigenvalue weighted by Gasteiger charge is 2.30. The summed E-state index contributed by atoms with van der Waals surface area (Å²) in [5.41, 5.74) is 6.83. The summed E-state index contributed by atoms with van der Waals surface area (Å²) in [5, 5.41) is 5.46. The molecule has 0 amide bonds. The number of nitrogens with zero attached hydrogens (tertiary/aromatic N) is 2. The van der Waals surface area contributed by atoms with Gasteiger partial charge < -0.3 is 14.5 Å². The van der Waals surface area contributed by atoms with Crippen LogP contribution in [-0.2, 0) is 20.0 Å². The van der Waals surface area contributed by atoms with E-state index in [0.29, 0.717) is 28.2 Å². The van der Waals surface area contributed by atoms with Gasteiger partial charge in [0.15, 0.2) is 5.78 Å². The lowest BCUT2D eigenvalue weighted by molar-refractivity contribution is 0.0279. The van der Waals surface area contributed by atoms with Gasteiger partial charge in [-0.1, -0.05) is 0 Å². The molecule has 14 heteroatoms. The first kappa shape index (κ1) is 37.3. The number of ether oxygens (including phenoxy) is 1. The number of fused-ring (bicyclic) bond motifs is 1. The zero-order chi connectivity index (χ0) is 34.9. The van der Waals surface area contributed by atoms with E-state index in [4.69, 9.17) is 9.15 Å². The third-order valence-corrected chi connectivity index (χ3v) is 9.30. The van der Waals surface area contributed by atoms with Gasteiger partial charge in [0.2, 0.25) is 25.9 Å². The Morgan fingerprint density at radius 2 is 1.35 bits per heavy atom. The van der Waals surface area contributed by atoms with Crippen LogP contribution in [-0.4, -0.2) is 70.0 Å². The lowest BCUT2D eigenvalue weighted by Gasteiger charge is -2.36. The molecule has 1 heterocycles. The highest BCUT2D eigenvalue weighted by atomic mass is 32.3. The Labute approximate surface area is 273 Å². The van der Waals surface area contributed by atoms with Crippen LogP contribution in [0.4, 0.5) is 11.6 Å². The van der Waals surface area contributed by atoms with Gasteiger partial charge in [0.05, 0.1) is 30.4 Å². The van der Waals surface area contributed by atoms with Crippen molar-refractivity contribution in [2.75, 3.05) is 34.7 Å². The second kappa shape index (κ2) is 13.5. The maximum Gasteiger partial charge on any atom is 0.245 e. The van der Waals surface area contributed by atoms with Crippen LogP contribution >= 0.6 is 0 Å². The summed E-state index contributed by atoms with van der Waals surface area (Å²) in [4.78, 5) is 14.0. The van der Waals surface area contributed by atoms with E-state index in [0.717, 1.165) is 18.9 Å². The number of nitrogens with one attached hydrogen (secondary N) is 3. The average Bonchev–Trinajstić information content (AvgIpc) is 3.18. The minimum Gasteiger partial charge on any atom is -0.494 e. The number of sulfonamides is 2. The summed E-state index contributed by atoms with van der Waals surface area (Å²) in [6.07, 6.45) is 2.34. The lowest BCUT2D eigenvalue weighted by atomic mass is 10.0. The standard InChI is InChI=1S/C32H49N5O7S2/c1-30(2,3)33-29-27(25-21-23(15-18-26(25)44-29)37(45(10,39)40)46(11,41)42)28(38)22-13-16-24(17-14-22)43-20-12-19-36(34-31(4,5)6)35-32(7,8)9/h13-18,21,33-35H,12,19-20H2,1-11H3. The summed E-state index contributed by atoms with van der Waals surface area (Å²) in [7, 11) is -8.39. The second-order valence-corrected chi connectivity index (χ2v) is 18.4. The van der Waals surface area contributed by atoms with Crippen molar-refractivity contribution in [2.45, 2.75) is 85.4 Å². The number of hydrogen-bond acceptors (Lipinski definition) is 11. The van der Waals surface area contributed by atoms with Gasteiger partial charge in [-0.2, -0.15) is 8.83 Å². The molecule has 2 aromatic carbocycles. The largest absolute Gasteiger partial charge is 0.494 e. The molecule has 3 N–H and O–H groups in total. The van der Waals surface area contributed by atoms with E-state index in [2.05, 4.69) is 57.7 Å². The number of carbonyl (C=O) groups is 1. The van der Waals surface area contributed by atoms with Crippen LogP contribution < -0.4 is 24.6 Å². The van der Waals surface area contributed by atoms with E-state index in [9.17, 15) is 21.6 Å². The molecule has 256 valence electrons. The molecule has 0 atom stereocenters. The van der Waals surface area contributed by atoms with E-state index in [1.54, 1.807) is 24.3 Å². The maximum absolute atomic E-state index is 14.0. The predicted octanol–water partition coefficient (Wildman–Crippen LogP) is 5.28. The second-order valence-electron chi connectivity index (χ2n) is 14.5. The number of ketones is 1. The fourth-order valence-electron chi connectivity index (χ4n) is 4.69. The fourth-order valence-corrected chi connectivity index (χ4v) is 7.65. The Kier molecular flexibility index (Phi) is 11.0. The first-order chi connectivity index (χ1) is 20.8. The predicted molar refractivity (Wildman–Crippen MR) is 184 cm³/mol. The number of hydrogen-bond donors (Lipinski definition) is 3. The number of benzene rings is 2. The van der Waals surface area contributed by atoms with Gasteiger partial charge in [0.1, 0.15) is 11.3 Å². The summed E-state index contributed by atoms with van der Waals surface area (Å²) >= 11 is 0. The smallest absolute Gasteiger partial charge is 0.245 e. The highest BCUT2D eigenvalue weighted by Crippen LogP contribution is 2.37. The number of carbonyl (C=O) groups excluding carboxylic acids is 1. The minimum absolute atomic E-state index is 0.119. The van der Waals surface area contributed by atoms with Crippen LogP contribution in [0.3, 0.4) is 0 Å². The first-order valence-electron chi connectivity index (χ1n) is 15.0. The Hall–Kier alpha value is -3.17. The van der Waals surface area contributed by atoms with Gasteiger partial charge in [0, 0.05) is 34.1 Å². The molecule has 0 unspecified atom stereocenters. The molecule has 0 bridgehead atoms. The molecular weight excluding hydrogens is 631 g/mol. The van der Waals surface area contributed by atoms with Gasteiger partial charge in [0.25, 0.3) is 0 Å². The first-order valence-corrected chi connectivity index (χ1v) is 18.7. The monoisotopic (exact) mass is 679 g/mol. The van der Waals surface area contributed by atoms with E-state index >= 15 is 0 Å². The minimum atomic E-state index is -4.20. The molecule has 0 radical (unpaired) electrons. The summed E-state index contributed by atoms with van der Waals surface area (Å²) < 4.78 is 62.1. The maximum atomic E-state index is 14.0. The number of rotatable bonds is 13. The highest BCUT2D eigenvalue weighted by molar-refractivity contribution is 8.09. The van der Waals surface area contributed by atoms with Crippen molar-refractivity contribution in [1.29, 1.82) is 0 Å². The van der Waals surface area contributed by atoms with Crippen molar-refractivity contribution in [2.24, 2.45) is 0 Å². The zero-order valence-corrected chi connectivity index (χ0v) is 30.4. The van der Waals surface area contributed by atoms with E-state index in [1.807, 2.05) is 25.9 Å². The lowest BCUT2D eigenvalue weighted by Crippen LogP contribution is -2.60. The topological polar surface area (TPSA) is 150 Å². The summed E-state index contributed by atoms with van der Waals surface area (Å²) in [6.45, 7) is 19.4. The van der Waals surface area contributed by atoms with Gasteiger partial charge in [-0.15, -0.1) is 0 Å². The molecule has 0 fully saturated rings. The molecule has 0 saturated carbocycles. The van der Waals surface area contributed by atoms with Gasteiger partial charge in [-0.05, 0) is 111 Å². The van der Waals surface area contributed by atoms with Crippen LogP contribution in [0, 0.1) is 0 Å². The van der Waals surface area contributed by atoms with Gasteiger partial charge in [-0.25, -0.2) is 27.7 Å². The Morgan fingerprint density at radius 3 is 1.83 bits per heavy atom. The molecule has 3 aromatic rings. The summed E-state index contributed by atoms with van der Waals surface area (Å²) in [6, 6.07) is 10.8. The fraction of sp³-hybridized carbons (Fsp3) is 0.531. The van der Waals surface area contributed by atoms with Crippen molar-refractivity contribution < 1.29 is 30.8 Å². The zero-order valence-electron chi connectivity index (χ0n) is 28.7. The van der Waals surface area contributed by atoms with Crippen LogP contribution in [0.15, 0.2) is 46.9 Å².